The maximum absolute atomic E-state index is 12.8. The SMILES string of the molecule is Cc1ccc(CCC(C#N)Oc2ccc(F)cc2)cc1. The standard InChI is InChI=1S/C17H16FNO/c1-13-2-4-14(5-3-13)6-9-17(12-19)20-16-10-7-15(18)8-11-16/h2-5,7-8,10-11,17H,6,9H2,1H3. The van der Waals surface area contributed by atoms with E-state index in [1.54, 1.807) is 0 Å². The van der Waals surface area contributed by atoms with E-state index in [2.05, 4.69) is 30.3 Å². The first-order chi connectivity index (χ1) is 9.67. The molecule has 2 rings (SSSR count). The molecule has 2 nitrogen and oxygen atoms in total. The van der Waals surface area contributed by atoms with Gasteiger partial charge in [-0.1, -0.05) is 29.8 Å². The van der Waals surface area contributed by atoms with Crippen LogP contribution in [0.2, 0.25) is 0 Å². The van der Waals surface area contributed by atoms with Crippen molar-refractivity contribution in [3.63, 3.8) is 0 Å². The zero-order chi connectivity index (χ0) is 14.4. The quantitative estimate of drug-likeness (QED) is 0.820. The highest BCUT2D eigenvalue weighted by molar-refractivity contribution is 5.24. The van der Waals surface area contributed by atoms with Crippen LogP contribution in [0, 0.1) is 24.1 Å². The molecule has 0 saturated heterocycles. The lowest BCUT2D eigenvalue weighted by molar-refractivity contribution is 0.245. The molecule has 0 N–H and O–H groups in total. The van der Waals surface area contributed by atoms with Crippen LogP contribution in [0.1, 0.15) is 17.5 Å². The molecule has 0 aliphatic heterocycles. The third-order valence-electron chi connectivity index (χ3n) is 3.05. The topological polar surface area (TPSA) is 33.0 Å². The first-order valence-electron chi connectivity index (χ1n) is 6.55. The van der Waals surface area contributed by atoms with E-state index in [0.29, 0.717) is 12.2 Å². The van der Waals surface area contributed by atoms with Crippen molar-refractivity contribution in [2.75, 3.05) is 0 Å². The molecular formula is C17H16FNO. The van der Waals surface area contributed by atoms with E-state index in [9.17, 15) is 4.39 Å². The molecule has 0 bridgehead atoms. The minimum Gasteiger partial charge on any atom is -0.476 e. The first-order valence-corrected chi connectivity index (χ1v) is 6.55. The van der Waals surface area contributed by atoms with Crippen LogP contribution in [-0.2, 0) is 6.42 Å². The molecule has 0 spiro atoms. The van der Waals surface area contributed by atoms with Gasteiger partial charge in [-0.2, -0.15) is 5.26 Å². The van der Waals surface area contributed by atoms with Crippen LogP contribution in [-0.4, -0.2) is 6.10 Å². The van der Waals surface area contributed by atoms with Crippen molar-refractivity contribution in [2.24, 2.45) is 0 Å². The highest BCUT2D eigenvalue weighted by atomic mass is 19.1. The minimum absolute atomic E-state index is 0.314. The van der Waals surface area contributed by atoms with Gasteiger partial charge in [0.1, 0.15) is 17.6 Å². The number of halogens is 1. The molecule has 102 valence electrons. The van der Waals surface area contributed by atoms with Crippen molar-refractivity contribution in [3.05, 3.63) is 65.5 Å². The monoisotopic (exact) mass is 269 g/mol. The number of rotatable bonds is 5. The molecule has 0 aromatic heterocycles. The van der Waals surface area contributed by atoms with Crippen LogP contribution in [0.25, 0.3) is 0 Å². The van der Waals surface area contributed by atoms with E-state index in [1.165, 1.54) is 35.4 Å². The van der Waals surface area contributed by atoms with Crippen molar-refractivity contribution in [2.45, 2.75) is 25.9 Å². The average Bonchev–Trinajstić information content (AvgIpc) is 2.47. The molecule has 0 radical (unpaired) electrons. The Labute approximate surface area is 118 Å². The molecule has 0 aliphatic carbocycles. The largest absolute Gasteiger partial charge is 0.476 e. The maximum atomic E-state index is 12.8. The Hall–Kier alpha value is -2.34. The number of ether oxygens (including phenoxy) is 1. The van der Waals surface area contributed by atoms with Crippen molar-refractivity contribution in [1.29, 1.82) is 5.26 Å². The predicted octanol–water partition coefficient (Wildman–Crippen LogP) is 4.04. The predicted molar refractivity (Wildman–Crippen MR) is 75.9 cm³/mol. The Bertz CT molecular complexity index is 584. The van der Waals surface area contributed by atoms with Crippen LogP contribution in [0.3, 0.4) is 0 Å². The zero-order valence-corrected chi connectivity index (χ0v) is 11.3. The van der Waals surface area contributed by atoms with Gasteiger partial charge in [-0.3, -0.25) is 0 Å². The van der Waals surface area contributed by atoms with Crippen LogP contribution in [0.15, 0.2) is 48.5 Å². The van der Waals surface area contributed by atoms with E-state index >= 15 is 0 Å². The lowest BCUT2D eigenvalue weighted by atomic mass is 10.1. The normalized spacial score (nSPS) is 11.7. The fraction of sp³-hybridized carbons (Fsp3) is 0.235. The maximum Gasteiger partial charge on any atom is 0.184 e. The van der Waals surface area contributed by atoms with Gasteiger partial charge in [-0.15, -0.1) is 0 Å². The van der Waals surface area contributed by atoms with E-state index in [4.69, 9.17) is 10.00 Å². The highest BCUT2D eigenvalue weighted by Gasteiger charge is 2.09. The number of aryl methyl sites for hydroxylation is 2. The molecule has 0 saturated carbocycles. The van der Waals surface area contributed by atoms with Gasteiger partial charge in [-0.05, 0) is 43.2 Å². The van der Waals surface area contributed by atoms with Crippen LogP contribution < -0.4 is 4.74 Å². The minimum atomic E-state index is -0.526. The summed E-state index contributed by atoms with van der Waals surface area (Å²) < 4.78 is 18.3. The van der Waals surface area contributed by atoms with Gasteiger partial charge >= 0.3 is 0 Å². The molecule has 2 aromatic rings. The Kier molecular flexibility index (Phi) is 4.73. The van der Waals surface area contributed by atoms with Gasteiger partial charge in [0.15, 0.2) is 6.10 Å². The Balaban J connectivity index is 1.91. The summed E-state index contributed by atoms with van der Waals surface area (Å²) >= 11 is 0. The van der Waals surface area contributed by atoms with Gasteiger partial charge in [0.05, 0.1) is 0 Å². The Morgan fingerprint density at radius 3 is 2.35 bits per heavy atom. The Morgan fingerprint density at radius 1 is 1.10 bits per heavy atom. The highest BCUT2D eigenvalue weighted by Crippen LogP contribution is 2.15. The van der Waals surface area contributed by atoms with Crippen LogP contribution >= 0.6 is 0 Å². The second-order valence-corrected chi connectivity index (χ2v) is 4.71. The number of nitriles is 1. The fourth-order valence-electron chi connectivity index (χ4n) is 1.88. The molecule has 0 heterocycles. The van der Waals surface area contributed by atoms with Crippen molar-refractivity contribution in [3.8, 4) is 11.8 Å². The summed E-state index contributed by atoms with van der Waals surface area (Å²) in [5.41, 5.74) is 2.40. The van der Waals surface area contributed by atoms with Gasteiger partial charge < -0.3 is 4.74 Å². The van der Waals surface area contributed by atoms with E-state index in [1.807, 2.05) is 6.92 Å². The third-order valence-corrected chi connectivity index (χ3v) is 3.05. The molecule has 0 fully saturated rings. The molecule has 1 atom stereocenters. The van der Waals surface area contributed by atoms with Gasteiger partial charge in [-0.25, -0.2) is 4.39 Å². The summed E-state index contributed by atoms with van der Waals surface area (Å²) in [5, 5.41) is 9.11. The average molecular weight is 269 g/mol. The Morgan fingerprint density at radius 2 is 1.75 bits per heavy atom. The van der Waals surface area contributed by atoms with Crippen LogP contribution in [0.4, 0.5) is 4.39 Å². The van der Waals surface area contributed by atoms with Gasteiger partial charge in [0.2, 0.25) is 0 Å². The molecule has 20 heavy (non-hydrogen) atoms. The van der Waals surface area contributed by atoms with E-state index in [0.717, 1.165) is 6.42 Å². The zero-order valence-electron chi connectivity index (χ0n) is 11.3. The third kappa shape index (κ3) is 4.10. The number of hydrogen-bond donors (Lipinski definition) is 0. The molecule has 0 aliphatic rings. The molecule has 1 unspecified atom stereocenters. The van der Waals surface area contributed by atoms with Gasteiger partial charge in [0, 0.05) is 6.42 Å². The summed E-state index contributed by atoms with van der Waals surface area (Å²) in [5.74, 6) is 0.201. The van der Waals surface area contributed by atoms with Crippen LogP contribution in [0.5, 0.6) is 5.75 Å². The molecule has 3 heteroatoms. The fourth-order valence-corrected chi connectivity index (χ4v) is 1.88. The van der Waals surface area contributed by atoms with Crippen molar-refractivity contribution < 1.29 is 9.13 Å². The lowest BCUT2D eigenvalue weighted by Crippen LogP contribution is -2.15. The second kappa shape index (κ2) is 6.72. The first kappa shape index (κ1) is 14.1. The molecule has 0 amide bonds. The molecular weight excluding hydrogens is 253 g/mol. The molecule has 2 aromatic carbocycles. The summed E-state index contributed by atoms with van der Waals surface area (Å²) in [6.45, 7) is 2.04. The lowest BCUT2D eigenvalue weighted by Gasteiger charge is -2.12. The second-order valence-electron chi connectivity index (χ2n) is 4.71. The summed E-state index contributed by atoms with van der Waals surface area (Å²) in [7, 11) is 0. The van der Waals surface area contributed by atoms with E-state index in [-0.39, 0.29) is 5.82 Å². The number of benzene rings is 2. The summed E-state index contributed by atoms with van der Waals surface area (Å²) in [6.07, 6.45) is 0.859. The summed E-state index contributed by atoms with van der Waals surface area (Å²) in [6, 6.07) is 16.1. The number of nitrogens with zero attached hydrogens (tertiary/aromatic N) is 1. The number of hydrogen-bond acceptors (Lipinski definition) is 2. The summed E-state index contributed by atoms with van der Waals surface area (Å²) in [4.78, 5) is 0. The smallest absolute Gasteiger partial charge is 0.184 e. The van der Waals surface area contributed by atoms with Crippen molar-refractivity contribution in [1.82, 2.24) is 0 Å². The van der Waals surface area contributed by atoms with E-state index < -0.39 is 6.10 Å². The van der Waals surface area contributed by atoms with Gasteiger partial charge in [0.25, 0.3) is 0 Å². The van der Waals surface area contributed by atoms with Crippen molar-refractivity contribution >= 4 is 0 Å².